The van der Waals surface area contributed by atoms with E-state index in [-0.39, 0.29) is 24.2 Å². The largest absolute Gasteiger partial charge is 0.444 e. The molecule has 140 valence electrons. The first kappa shape index (κ1) is 19.7. The molecule has 1 saturated carbocycles. The molecule has 2 N–H and O–H groups in total. The summed E-state index contributed by atoms with van der Waals surface area (Å²) in [4.78, 5) is 16.7. The van der Waals surface area contributed by atoms with E-state index in [1.54, 1.807) is 0 Å². The van der Waals surface area contributed by atoms with Crippen molar-refractivity contribution < 1.29 is 9.53 Å². The minimum absolute atomic E-state index is 0.108. The van der Waals surface area contributed by atoms with Crippen LogP contribution in [-0.2, 0) is 4.74 Å². The zero-order valence-electron chi connectivity index (χ0n) is 16.7. The van der Waals surface area contributed by atoms with Gasteiger partial charge in [0.1, 0.15) is 5.60 Å². The zero-order valence-corrected chi connectivity index (χ0v) is 16.7. The Kier molecular flexibility index (Phi) is 6.09. The second kappa shape index (κ2) is 7.73. The molecule has 0 aromatic carbocycles. The Bertz CT molecular complexity index is 599. The molecule has 0 aliphatic heterocycles. The molecule has 3 atom stereocenters. The number of carbonyl (C=O) groups is 1. The van der Waals surface area contributed by atoms with Gasteiger partial charge < -0.3 is 15.4 Å². The third-order valence-electron chi connectivity index (χ3n) is 4.70. The van der Waals surface area contributed by atoms with Crippen molar-refractivity contribution in [2.24, 2.45) is 0 Å². The van der Waals surface area contributed by atoms with Crippen molar-refractivity contribution in [3.8, 4) is 0 Å². The van der Waals surface area contributed by atoms with Gasteiger partial charge in [0.15, 0.2) is 0 Å². The van der Waals surface area contributed by atoms with Crippen molar-refractivity contribution in [3.05, 3.63) is 28.6 Å². The van der Waals surface area contributed by atoms with Crippen molar-refractivity contribution in [3.63, 3.8) is 0 Å². The number of pyridine rings is 1. The molecule has 0 radical (unpaired) electrons. The van der Waals surface area contributed by atoms with Crippen LogP contribution < -0.4 is 10.6 Å². The minimum atomic E-state index is -0.472. The Labute approximate surface area is 151 Å². The van der Waals surface area contributed by atoms with Gasteiger partial charge in [0.25, 0.3) is 0 Å². The molecule has 5 nitrogen and oxygen atoms in total. The Morgan fingerprint density at radius 3 is 2.48 bits per heavy atom. The molecule has 0 bridgehead atoms. The first-order valence-electron chi connectivity index (χ1n) is 9.27. The van der Waals surface area contributed by atoms with Crippen LogP contribution in [0.1, 0.15) is 75.5 Å². The monoisotopic (exact) mass is 347 g/mol. The van der Waals surface area contributed by atoms with E-state index in [4.69, 9.17) is 4.74 Å². The Morgan fingerprint density at radius 1 is 1.24 bits per heavy atom. The smallest absolute Gasteiger partial charge is 0.407 e. The van der Waals surface area contributed by atoms with E-state index < -0.39 is 5.60 Å². The fourth-order valence-electron chi connectivity index (χ4n) is 3.88. The van der Waals surface area contributed by atoms with E-state index in [0.29, 0.717) is 0 Å². The maximum Gasteiger partial charge on any atom is 0.407 e. The fourth-order valence-corrected chi connectivity index (χ4v) is 3.88. The van der Waals surface area contributed by atoms with Gasteiger partial charge >= 0.3 is 6.09 Å². The second-order valence-electron chi connectivity index (χ2n) is 8.26. The molecule has 0 saturated heterocycles. The summed E-state index contributed by atoms with van der Waals surface area (Å²) in [6.45, 7) is 14.1. The van der Waals surface area contributed by atoms with Gasteiger partial charge in [-0.25, -0.2) is 4.79 Å². The molecule has 1 heterocycles. The standard InChI is InChI=1S/C20H33N3O2/c1-12-11-13(2)21-14(3)18(12)15(4)22-16-9-8-10-17(16)23-19(24)25-20(5,6)7/h11,15-17,22H,8-10H2,1-7H3,(H,23,24). The molecular formula is C20H33N3O2. The number of rotatable bonds is 4. The molecule has 1 aliphatic rings. The van der Waals surface area contributed by atoms with Gasteiger partial charge in [0, 0.05) is 29.5 Å². The lowest BCUT2D eigenvalue weighted by atomic mass is 9.99. The van der Waals surface area contributed by atoms with Crippen molar-refractivity contribution in [1.29, 1.82) is 0 Å². The highest BCUT2D eigenvalue weighted by molar-refractivity contribution is 5.68. The summed E-state index contributed by atoms with van der Waals surface area (Å²) < 4.78 is 5.40. The highest BCUT2D eigenvalue weighted by Crippen LogP contribution is 2.26. The lowest BCUT2D eigenvalue weighted by Crippen LogP contribution is -2.48. The van der Waals surface area contributed by atoms with E-state index in [1.165, 1.54) is 11.1 Å². The van der Waals surface area contributed by atoms with E-state index in [2.05, 4.69) is 42.5 Å². The highest BCUT2D eigenvalue weighted by Gasteiger charge is 2.31. The summed E-state index contributed by atoms with van der Waals surface area (Å²) in [6, 6.07) is 2.68. The predicted molar refractivity (Wildman–Crippen MR) is 101 cm³/mol. The molecule has 1 amide bonds. The van der Waals surface area contributed by atoms with Gasteiger partial charge in [0.05, 0.1) is 0 Å². The van der Waals surface area contributed by atoms with Crippen molar-refractivity contribution in [2.45, 2.75) is 91.5 Å². The summed E-state index contributed by atoms with van der Waals surface area (Å²) in [7, 11) is 0. The van der Waals surface area contributed by atoms with Crippen LogP contribution in [0.15, 0.2) is 6.07 Å². The van der Waals surface area contributed by atoms with E-state index in [0.717, 1.165) is 30.7 Å². The second-order valence-corrected chi connectivity index (χ2v) is 8.26. The van der Waals surface area contributed by atoms with E-state index >= 15 is 0 Å². The minimum Gasteiger partial charge on any atom is -0.444 e. The molecular weight excluding hydrogens is 314 g/mol. The fraction of sp³-hybridized carbons (Fsp3) is 0.700. The van der Waals surface area contributed by atoms with Crippen LogP contribution in [0.4, 0.5) is 4.79 Å². The van der Waals surface area contributed by atoms with Gasteiger partial charge in [0.2, 0.25) is 0 Å². The van der Waals surface area contributed by atoms with Crippen LogP contribution >= 0.6 is 0 Å². The van der Waals surface area contributed by atoms with E-state index in [9.17, 15) is 4.79 Å². The van der Waals surface area contributed by atoms with Gasteiger partial charge in [-0.15, -0.1) is 0 Å². The lowest BCUT2D eigenvalue weighted by molar-refractivity contribution is 0.0497. The van der Waals surface area contributed by atoms with Gasteiger partial charge in [-0.2, -0.15) is 0 Å². The SMILES string of the molecule is Cc1cc(C)c(C(C)NC2CCCC2NC(=O)OC(C)(C)C)c(C)n1. The Hall–Kier alpha value is -1.62. The summed E-state index contributed by atoms with van der Waals surface area (Å²) in [5, 5.41) is 6.75. The van der Waals surface area contributed by atoms with E-state index in [1.807, 2.05) is 27.7 Å². The molecule has 1 fully saturated rings. The highest BCUT2D eigenvalue weighted by atomic mass is 16.6. The molecule has 25 heavy (non-hydrogen) atoms. The summed E-state index contributed by atoms with van der Waals surface area (Å²) in [5.74, 6) is 0. The van der Waals surface area contributed by atoms with Crippen LogP contribution in [0.25, 0.3) is 0 Å². The Morgan fingerprint density at radius 2 is 1.88 bits per heavy atom. The van der Waals surface area contributed by atoms with Gasteiger partial charge in [-0.05, 0) is 84.9 Å². The number of alkyl carbamates (subject to hydrolysis) is 1. The van der Waals surface area contributed by atoms with Crippen molar-refractivity contribution in [1.82, 2.24) is 15.6 Å². The topological polar surface area (TPSA) is 63.2 Å². The molecule has 2 rings (SSSR count). The van der Waals surface area contributed by atoms with Crippen LogP contribution in [0.3, 0.4) is 0 Å². The first-order chi connectivity index (χ1) is 11.6. The average Bonchev–Trinajstić information content (AvgIpc) is 2.82. The number of hydrogen-bond donors (Lipinski definition) is 2. The number of aryl methyl sites for hydroxylation is 3. The summed E-state index contributed by atoms with van der Waals surface area (Å²) in [6.07, 6.45) is 2.81. The maximum atomic E-state index is 12.1. The van der Waals surface area contributed by atoms with Crippen LogP contribution in [0.2, 0.25) is 0 Å². The summed E-state index contributed by atoms with van der Waals surface area (Å²) in [5.41, 5.74) is 4.18. The molecule has 1 aromatic rings. The maximum absolute atomic E-state index is 12.1. The normalized spacial score (nSPS) is 21.9. The molecule has 5 heteroatoms. The number of aromatic nitrogens is 1. The average molecular weight is 348 g/mol. The lowest BCUT2D eigenvalue weighted by Gasteiger charge is -2.28. The molecule has 3 unspecified atom stereocenters. The van der Waals surface area contributed by atoms with Gasteiger partial charge in [-0.1, -0.05) is 0 Å². The first-order valence-corrected chi connectivity index (χ1v) is 9.27. The quantitative estimate of drug-likeness (QED) is 0.860. The molecule has 1 aromatic heterocycles. The van der Waals surface area contributed by atoms with Crippen LogP contribution in [0, 0.1) is 20.8 Å². The third kappa shape index (κ3) is 5.43. The number of nitrogens with one attached hydrogen (secondary N) is 2. The van der Waals surface area contributed by atoms with Crippen LogP contribution in [0.5, 0.6) is 0 Å². The van der Waals surface area contributed by atoms with Crippen molar-refractivity contribution in [2.75, 3.05) is 0 Å². The number of hydrogen-bond acceptors (Lipinski definition) is 4. The van der Waals surface area contributed by atoms with Gasteiger partial charge in [-0.3, -0.25) is 4.98 Å². The zero-order chi connectivity index (χ0) is 18.8. The number of nitrogens with zero attached hydrogens (tertiary/aromatic N) is 1. The van der Waals surface area contributed by atoms with Crippen LogP contribution in [-0.4, -0.2) is 28.8 Å². The summed E-state index contributed by atoms with van der Waals surface area (Å²) >= 11 is 0. The number of amides is 1. The number of carbonyl (C=O) groups excluding carboxylic acids is 1. The number of ether oxygens (including phenoxy) is 1. The molecule has 0 spiro atoms. The Balaban J connectivity index is 2.02. The predicted octanol–water partition coefficient (Wildman–Crippen LogP) is 4.10. The molecule has 1 aliphatic carbocycles. The van der Waals surface area contributed by atoms with Crippen molar-refractivity contribution >= 4 is 6.09 Å². The third-order valence-corrected chi connectivity index (χ3v) is 4.70.